The molecule has 0 saturated carbocycles. The highest BCUT2D eigenvalue weighted by atomic mass is 16.2. The number of carbonyl (C=O) groups is 4. The van der Waals surface area contributed by atoms with Gasteiger partial charge in [-0.25, -0.2) is 0 Å². The molecule has 96 valence electrons. The van der Waals surface area contributed by atoms with E-state index in [4.69, 9.17) is 17.2 Å². The van der Waals surface area contributed by atoms with Gasteiger partial charge in [0.25, 0.3) is 0 Å². The third kappa shape index (κ3) is 6.84. The Balaban J connectivity index is 4.36. The first-order valence-electron chi connectivity index (χ1n) is 4.68. The van der Waals surface area contributed by atoms with Crippen molar-refractivity contribution in [2.45, 2.75) is 0 Å². The summed E-state index contributed by atoms with van der Waals surface area (Å²) < 4.78 is 0. The number of nitrogens with one attached hydrogen (secondary N) is 1. The first kappa shape index (κ1) is 14.8. The first-order chi connectivity index (χ1) is 7.86. The van der Waals surface area contributed by atoms with Gasteiger partial charge in [-0.1, -0.05) is 0 Å². The lowest BCUT2D eigenvalue weighted by Gasteiger charge is -2.19. The van der Waals surface area contributed by atoms with Crippen LogP contribution < -0.4 is 22.5 Å². The van der Waals surface area contributed by atoms with Crippen LogP contribution in [0.5, 0.6) is 0 Å². The fraction of sp³-hybridized carbons (Fsp3) is 0.500. The van der Waals surface area contributed by atoms with E-state index in [1.54, 1.807) is 0 Å². The second-order valence-electron chi connectivity index (χ2n) is 3.16. The molecule has 9 nitrogen and oxygen atoms in total. The molecule has 0 aliphatic heterocycles. The van der Waals surface area contributed by atoms with E-state index in [9.17, 15) is 19.2 Å². The molecule has 0 rings (SSSR count). The Hall–Kier alpha value is -2.16. The highest BCUT2D eigenvalue weighted by Crippen LogP contribution is 1.88. The molecule has 0 aromatic carbocycles. The summed E-state index contributed by atoms with van der Waals surface area (Å²) in [5.41, 5.74) is 14.8. The van der Waals surface area contributed by atoms with Crippen LogP contribution in [0.15, 0.2) is 0 Å². The summed E-state index contributed by atoms with van der Waals surface area (Å²) in [6.45, 7) is -1.53. The number of rotatable bonds is 7. The van der Waals surface area contributed by atoms with Crippen LogP contribution in [0, 0.1) is 0 Å². The average molecular weight is 245 g/mol. The molecule has 7 N–H and O–H groups in total. The maximum Gasteiger partial charge on any atom is 0.242 e. The van der Waals surface area contributed by atoms with Crippen molar-refractivity contribution in [3.8, 4) is 0 Å². The lowest BCUT2D eigenvalue weighted by Crippen LogP contribution is -2.47. The summed E-state index contributed by atoms with van der Waals surface area (Å²) in [5.74, 6) is -2.75. The van der Waals surface area contributed by atoms with Gasteiger partial charge in [0.05, 0.1) is 26.2 Å². The predicted octanol–water partition coefficient (Wildman–Crippen LogP) is -4.14. The Bertz CT molecular complexity index is 314. The van der Waals surface area contributed by atoms with Crippen LogP contribution >= 0.6 is 0 Å². The third-order valence-electron chi connectivity index (χ3n) is 1.67. The number of hydrogen-bond donors (Lipinski definition) is 4. The maximum atomic E-state index is 11.5. The van der Waals surface area contributed by atoms with Crippen LogP contribution in [0.1, 0.15) is 0 Å². The van der Waals surface area contributed by atoms with Crippen molar-refractivity contribution in [2.24, 2.45) is 17.2 Å². The van der Waals surface area contributed by atoms with Crippen LogP contribution in [-0.4, -0.2) is 54.7 Å². The van der Waals surface area contributed by atoms with E-state index in [2.05, 4.69) is 5.32 Å². The number of hydrogen-bond acceptors (Lipinski definition) is 5. The molecule has 0 atom stereocenters. The zero-order valence-corrected chi connectivity index (χ0v) is 9.14. The Morgan fingerprint density at radius 1 is 1.00 bits per heavy atom. The zero-order valence-electron chi connectivity index (χ0n) is 9.14. The topological polar surface area (TPSA) is 162 Å². The lowest BCUT2D eigenvalue weighted by atomic mass is 10.4. The van der Waals surface area contributed by atoms with Crippen LogP contribution in [-0.2, 0) is 19.2 Å². The van der Waals surface area contributed by atoms with Crippen molar-refractivity contribution >= 4 is 23.6 Å². The monoisotopic (exact) mass is 245 g/mol. The summed E-state index contributed by atoms with van der Waals surface area (Å²) in [6, 6.07) is 0. The summed E-state index contributed by atoms with van der Waals surface area (Å²) in [7, 11) is 0. The van der Waals surface area contributed by atoms with E-state index in [0.717, 1.165) is 4.90 Å². The Morgan fingerprint density at radius 3 is 1.82 bits per heavy atom. The molecule has 0 spiro atoms. The van der Waals surface area contributed by atoms with Gasteiger partial charge in [0.2, 0.25) is 23.6 Å². The molecule has 0 bridgehead atoms. The minimum Gasteiger partial charge on any atom is -0.368 e. The van der Waals surface area contributed by atoms with E-state index in [0.29, 0.717) is 0 Å². The Labute approximate surface area is 97.3 Å². The standard InChI is InChI=1S/C8H15N5O4/c9-1-7(16)12-2-8(17)13(3-5(10)14)4-6(11)15/h1-4,9H2,(H2,10,14)(H2,11,15)(H,12,16). The number of nitrogens with zero attached hydrogens (tertiary/aromatic N) is 1. The largest absolute Gasteiger partial charge is 0.368 e. The molecule has 0 radical (unpaired) electrons. The predicted molar refractivity (Wildman–Crippen MR) is 57.0 cm³/mol. The summed E-state index contributed by atoms with van der Waals surface area (Å²) >= 11 is 0. The van der Waals surface area contributed by atoms with Crippen LogP contribution in [0.4, 0.5) is 0 Å². The number of amides is 4. The highest BCUT2D eigenvalue weighted by molar-refractivity contribution is 5.91. The zero-order chi connectivity index (χ0) is 13.4. The molecule has 0 heterocycles. The quantitative estimate of drug-likeness (QED) is 0.357. The molecule has 0 aliphatic rings. The van der Waals surface area contributed by atoms with E-state index < -0.39 is 36.7 Å². The Morgan fingerprint density at radius 2 is 1.47 bits per heavy atom. The fourth-order valence-corrected chi connectivity index (χ4v) is 0.967. The highest BCUT2D eigenvalue weighted by Gasteiger charge is 2.18. The molecule has 17 heavy (non-hydrogen) atoms. The number of carbonyl (C=O) groups excluding carboxylic acids is 4. The van der Waals surface area contributed by atoms with Crippen molar-refractivity contribution in [1.29, 1.82) is 0 Å². The van der Waals surface area contributed by atoms with Gasteiger partial charge in [-0.3, -0.25) is 19.2 Å². The van der Waals surface area contributed by atoms with Gasteiger partial charge in [-0.2, -0.15) is 0 Å². The molecule has 4 amide bonds. The second-order valence-corrected chi connectivity index (χ2v) is 3.16. The molecule has 0 aliphatic carbocycles. The molecule has 0 unspecified atom stereocenters. The van der Waals surface area contributed by atoms with Gasteiger partial charge in [0.1, 0.15) is 0 Å². The van der Waals surface area contributed by atoms with Gasteiger partial charge in [-0.15, -0.1) is 0 Å². The molecule has 0 fully saturated rings. The first-order valence-corrected chi connectivity index (χ1v) is 4.68. The maximum absolute atomic E-state index is 11.5. The molecule has 0 saturated heterocycles. The van der Waals surface area contributed by atoms with E-state index >= 15 is 0 Å². The molecular formula is C8H15N5O4. The van der Waals surface area contributed by atoms with Crippen molar-refractivity contribution in [2.75, 3.05) is 26.2 Å². The van der Waals surface area contributed by atoms with E-state index in [1.807, 2.05) is 0 Å². The van der Waals surface area contributed by atoms with Gasteiger partial charge < -0.3 is 27.4 Å². The third-order valence-corrected chi connectivity index (χ3v) is 1.67. The van der Waals surface area contributed by atoms with Crippen LogP contribution in [0.2, 0.25) is 0 Å². The van der Waals surface area contributed by atoms with Crippen molar-refractivity contribution in [3.05, 3.63) is 0 Å². The normalized spacial score (nSPS) is 9.47. The van der Waals surface area contributed by atoms with Crippen LogP contribution in [0.25, 0.3) is 0 Å². The van der Waals surface area contributed by atoms with Gasteiger partial charge >= 0.3 is 0 Å². The van der Waals surface area contributed by atoms with E-state index in [-0.39, 0.29) is 13.1 Å². The lowest BCUT2D eigenvalue weighted by molar-refractivity contribution is -0.138. The molecule has 0 aromatic heterocycles. The Kier molecular flexibility index (Phi) is 6.26. The van der Waals surface area contributed by atoms with Crippen molar-refractivity contribution in [3.63, 3.8) is 0 Å². The minimum absolute atomic E-state index is 0.265. The number of nitrogens with two attached hydrogens (primary N) is 3. The van der Waals surface area contributed by atoms with Gasteiger partial charge in [0, 0.05) is 0 Å². The average Bonchev–Trinajstić information content (AvgIpc) is 2.23. The fourth-order valence-electron chi connectivity index (χ4n) is 0.967. The summed E-state index contributed by atoms with van der Waals surface area (Å²) in [4.78, 5) is 44.4. The molecule has 9 heteroatoms. The summed E-state index contributed by atoms with van der Waals surface area (Å²) in [5, 5.41) is 2.20. The summed E-state index contributed by atoms with van der Waals surface area (Å²) in [6.07, 6.45) is 0. The van der Waals surface area contributed by atoms with Crippen LogP contribution in [0.3, 0.4) is 0 Å². The second kappa shape index (κ2) is 7.17. The van der Waals surface area contributed by atoms with Crippen molar-refractivity contribution < 1.29 is 19.2 Å². The van der Waals surface area contributed by atoms with Gasteiger partial charge in [-0.05, 0) is 0 Å². The smallest absolute Gasteiger partial charge is 0.242 e. The minimum atomic E-state index is -0.787. The number of primary amides is 2. The molecule has 0 aromatic rings. The molecular weight excluding hydrogens is 230 g/mol. The van der Waals surface area contributed by atoms with E-state index in [1.165, 1.54) is 0 Å². The van der Waals surface area contributed by atoms with Crippen molar-refractivity contribution in [1.82, 2.24) is 10.2 Å². The SMILES string of the molecule is NCC(=O)NCC(=O)N(CC(N)=O)CC(N)=O. The van der Waals surface area contributed by atoms with Gasteiger partial charge in [0.15, 0.2) is 0 Å².